The Bertz CT molecular complexity index is 1120. The highest BCUT2D eigenvalue weighted by atomic mass is 35.5. The molecule has 0 saturated heterocycles. The molecule has 168 valence electrons. The third-order valence-electron chi connectivity index (χ3n) is 6.14. The van der Waals surface area contributed by atoms with Gasteiger partial charge in [-0.05, 0) is 57.1 Å². The summed E-state index contributed by atoms with van der Waals surface area (Å²) in [5, 5.41) is 7.73. The lowest BCUT2D eigenvalue weighted by atomic mass is 9.96. The van der Waals surface area contributed by atoms with Gasteiger partial charge in [0.2, 0.25) is 0 Å². The Balaban J connectivity index is 1.56. The van der Waals surface area contributed by atoms with Crippen LogP contribution in [0.2, 0.25) is 5.02 Å². The van der Waals surface area contributed by atoms with Crippen LogP contribution in [0.15, 0.2) is 47.0 Å². The Kier molecular flexibility index (Phi) is 6.53. The average Bonchev–Trinajstić information content (AvgIpc) is 3.15. The Morgan fingerprint density at radius 2 is 2.06 bits per heavy atom. The first-order valence-electron chi connectivity index (χ1n) is 10.9. The number of likely N-dealkylation sites (N-methyl/N-ethyl adjacent to an activating group) is 1. The molecule has 32 heavy (non-hydrogen) atoms. The first-order chi connectivity index (χ1) is 15.4. The first kappa shape index (κ1) is 22.4. The SMILES string of the molecule is Cc1onc(-c2ccccc2Cl)c1C(=O)NC[C@H](c1ccc2c(c1)CCCN2C)N(C)C. The summed E-state index contributed by atoms with van der Waals surface area (Å²) in [5.74, 6) is 0.249. The van der Waals surface area contributed by atoms with Crippen molar-refractivity contribution in [3.8, 4) is 11.3 Å². The second kappa shape index (κ2) is 9.35. The summed E-state index contributed by atoms with van der Waals surface area (Å²) < 4.78 is 5.35. The van der Waals surface area contributed by atoms with Crippen LogP contribution in [0, 0.1) is 6.92 Å². The molecule has 0 unspecified atom stereocenters. The quantitative estimate of drug-likeness (QED) is 0.586. The van der Waals surface area contributed by atoms with Gasteiger partial charge in [0.1, 0.15) is 17.0 Å². The molecule has 1 aliphatic heterocycles. The van der Waals surface area contributed by atoms with Gasteiger partial charge in [0.05, 0.1) is 11.1 Å². The van der Waals surface area contributed by atoms with E-state index < -0.39 is 0 Å². The number of benzene rings is 2. The minimum atomic E-state index is -0.219. The predicted molar refractivity (Wildman–Crippen MR) is 128 cm³/mol. The van der Waals surface area contributed by atoms with E-state index in [1.54, 1.807) is 13.0 Å². The van der Waals surface area contributed by atoms with Crippen molar-refractivity contribution in [3.05, 3.63) is 69.9 Å². The Hall–Kier alpha value is -2.83. The molecule has 1 aliphatic rings. The molecule has 6 nitrogen and oxygen atoms in total. The number of aromatic nitrogens is 1. The summed E-state index contributed by atoms with van der Waals surface area (Å²) in [4.78, 5) is 17.6. The second-order valence-corrected chi connectivity index (χ2v) is 8.95. The number of aryl methyl sites for hydroxylation is 2. The molecule has 4 rings (SSSR count). The molecule has 0 fully saturated rings. The van der Waals surface area contributed by atoms with Crippen LogP contribution in [0.3, 0.4) is 0 Å². The van der Waals surface area contributed by atoms with E-state index in [0.29, 0.717) is 34.1 Å². The lowest BCUT2D eigenvalue weighted by molar-refractivity contribution is 0.0941. The van der Waals surface area contributed by atoms with Crippen LogP contribution in [0.5, 0.6) is 0 Å². The summed E-state index contributed by atoms with van der Waals surface area (Å²) >= 11 is 6.34. The molecule has 1 N–H and O–H groups in total. The van der Waals surface area contributed by atoms with Crippen molar-refractivity contribution in [2.75, 3.05) is 39.1 Å². The number of carbonyl (C=O) groups is 1. The topological polar surface area (TPSA) is 61.6 Å². The molecule has 1 amide bonds. The standard InChI is InChI=1S/C25H29ClN4O2/c1-16-23(24(28-32-16)19-9-5-6-10-20(19)26)25(31)27-15-22(29(2)3)18-11-12-21-17(14-18)8-7-13-30(21)4/h5-6,9-12,14,22H,7-8,13,15H2,1-4H3,(H,27,31)/t22-/m1/s1. The lowest BCUT2D eigenvalue weighted by Crippen LogP contribution is -2.35. The number of anilines is 1. The molecule has 2 aromatic carbocycles. The molecule has 7 heteroatoms. The summed E-state index contributed by atoms with van der Waals surface area (Å²) in [6, 6.07) is 14.0. The number of nitrogens with one attached hydrogen (secondary N) is 1. The van der Waals surface area contributed by atoms with Crippen molar-refractivity contribution >= 4 is 23.2 Å². The van der Waals surface area contributed by atoms with Gasteiger partial charge in [-0.15, -0.1) is 0 Å². The van der Waals surface area contributed by atoms with Crippen LogP contribution in [0.1, 0.15) is 39.7 Å². The van der Waals surface area contributed by atoms with Crippen molar-refractivity contribution in [2.45, 2.75) is 25.8 Å². The monoisotopic (exact) mass is 452 g/mol. The molecule has 0 radical (unpaired) electrons. The third kappa shape index (κ3) is 4.38. The van der Waals surface area contributed by atoms with Gasteiger partial charge < -0.3 is 19.6 Å². The van der Waals surface area contributed by atoms with Crippen molar-refractivity contribution in [3.63, 3.8) is 0 Å². The van der Waals surface area contributed by atoms with E-state index in [2.05, 4.69) is 45.5 Å². The molecular weight excluding hydrogens is 424 g/mol. The Morgan fingerprint density at radius 3 is 2.81 bits per heavy atom. The average molecular weight is 453 g/mol. The van der Waals surface area contributed by atoms with E-state index in [0.717, 1.165) is 19.4 Å². The fourth-order valence-electron chi connectivity index (χ4n) is 4.37. The van der Waals surface area contributed by atoms with Crippen molar-refractivity contribution in [2.24, 2.45) is 0 Å². The van der Waals surface area contributed by atoms with E-state index in [4.69, 9.17) is 16.1 Å². The Morgan fingerprint density at radius 1 is 1.28 bits per heavy atom. The maximum absolute atomic E-state index is 13.2. The zero-order valence-electron chi connectivity index (χ0n) is 19.0. The van der Waals surface area contributed by atoms with Gasteiger partial charge in [0.25, 0.3) is 5.91 Å². The molecule has 1 aromatic heterocycles. The number of amides is 1. The Labute approximate surface area is 194 Å². The maximum atomic E-state index is 13.2. The number of rotatable bonds is 6. The van der Waals surface area contributed by atoms with Crippen molar-refractivity contribution in [1.29, 1.82) is 0 Å². The minimum absolute atomic E-state index is 0.0420. The molecule has 3 aromatic rings. The van der Waals surface area contributed by atoms with E-state index >= 15 is 0 Å². The number of nitrogens with zero attached hydrogens (tertiary/aromatic N) is 3. The largest absolute Gasteiger partial charge is 0.374 e. The van der Waals surface area contributed by atoms with Crippen molar-refractivity contribution < 1.29 is 9.32 Å². The van der Waals surface area contributed by atoms with Gasteiger partial charge in [-0.1, -0.05) is 47.1 Å². The van der Waals surface area contributed by atoms with Crippen LogP contribution in [0.25, 0.3) is 11.3 Å². The van der Waals surface area contributed by atoms with Crippen LogP contribution in [-0.2, 0) is 6.42 Å². The molecule has 2 heterocycles. The fourth-order valence-corrected chi connectivity index (χ4v) is 4.59. The number of carbonyl (C=O) groups excluding carboxylic acids is 1. The molecule has 0 aliphatic carbocycles. The maximum Gasteiger partial charge on any atom is 0.257 e. The summed E-state index contributed by atoms with van der Waals surface area (Å²) in [5.41, 5.74) is 5.42. The lowest BCUT2D eigenvalue weighted by Gasteiger charge is -2.30. The molecular formula is C25H29ClN4O2. The molecule has 0 spiro atoms. The number of hydrogen-bond acceptors (Lipinski definition) is 5. The summed E-state index contributed by atoms with van der Waals surface area (Å²) in [7, 11) is 6.20. The van der Waals surface area contributed by atoms with Crippen LogP contribution in [-0.4, -0.2) is 50.2 Å². The zero-order valence-corrected chi connectivity index (χ0v) is 19.7. The van der Waals surface area contributed by atoms with Gasteiger partial charge in [-0.3, -0.25) is 4.79 Å². The minimum Gasteiger partial charge on any atom is -0.374 e. The highest BCUT2D eigenvalue weighted by Crippen LogP contribution is 2.32. The predicted octanol–water partition coefficient (Wildman–Crippen LogP) is 4.72. The smallest absolute Gasteiger partial charge is 0.257 e. The van der Waals surface area contributed by atoms with Gasteiger partial charge in [-0.25, -0.2) is 0 Å². The highest BCUT2D eigenvalue weighted by molar-refractivity contribution is 6.33. The summed E-state index contributed by atoms with van der Waals surface area (Å²) in [6.07, 6.45) is 2.25. The number of halogens is 1. The van der Waals surface area contributed by atoms with Crippen LogP contribution >= 0.6 is 11.6 Å². The van der Waals surface area contributed by atoms with Gasteiger partial charge in [-0.2, -0.15) is 0 Å². The number of hydrogen-bond donors (Lipinski definition) is 1. The first-order valence-corrected chi connectivity index (χ1v) is 11.2. The zero-order chi connectivity index (χ0) is 22.8. The summed E-state index contributed by atoms with van der Waals surface area (Å²) in [6.45, 7) is 3.30. The van der Waals surface area contributed by atoms with Crippen LogP contribution < -0.4 is 10.2 Å². The van der Waals surface area contributed by atoms with E-state index in [-0.39, 0.29) is 11.9 Å². The highest BCUT2D eigenvalue weighted by Gasteiger charge is 2.25. The molecule has 1 atom stereocenters. The van der Waals surface area contributed by atoms with Gasteiger partial charge in [0.15, 0.2) is 0 Å². The third-order valence-corrected chi connectivity index (χ3v) is 6.47. The van der Waals surface area contributed by atoms with Crippen molar-refractivity contribution in [1.82, 2.24) is 15.4 Å². The van der Waals surface area contributed by atoms with Crippen LogP contribution in [0.4, 0.5) is 5.69 Å². The number of fused-ring (bicyclic) bond motifs is 1. The van der Waals surface area contributed by atoms with Gasteiger partial charge >= 0.3 is 0 Å². The van der Waals surface area contributed by atoms with E-state index in [1.807, 2.05) is 32.3 Å². The van der Waals surface area contributed by atoms with E-state index in [1.165, 1.54) is 16.8 Å². The normalized spacial score (nSPS) is 14.4. The van der Waals surface area contributed by atoms with Gasteiger partial charge in [0, 0.05) is 31.4 Å². The van der Waals surface area contributed by atoms with E-state index in [9.17, 15) is 4.79 Å². The second-order valence-electron chi connectivity index (χ2n) is 8.54. The fraction of sp³-hybridized carbons (Fsp3) is 0.360. The molecule has 0 saturated carbocycles. The molecule has 0 bridgehead atoms.